The summed E-state index contributed by atoms with van der Waals surface area (Å²) in [6.07, 6.45) is 3.86. The van der Waals surface area contributed by atoms with Crippen LogP contribution >= 0.6 is 0 Å². The summed E-state index contributed by atoms with van der Waals surface area (Å²) >= 11 is 0. The zero-order valence-corrected chi connectivity index (χ0v) is 10.9. The topological polar surface area (TPSA) is 86.6 Å². The molecule has 1 aliphatic carbocycles. The zero-order chi connectivity index (χ0) is 13.5. The summed E-state index contributed by atoms with van der Waals surface area (Å²) in [5.41, 5.74) is 0. The minimum Gasteiger partial charge on any atom is -0.481 e. The van der Waals surface area contributed by atoms with E-state index in [9.17, 15) is 14.7 Å². The maximum atomic E-state index is 11.6. The van der Waals surface area contributed by atoms with Crippen molar-refractivity contribution in [3.63, 3.8) is 0 Å². The Morgan fingerprint density at radius 2 is 1.94 bits per heavy atom. The molecule has 0 saturated heterocycles. The number of carboxylic acids is 1. The van der Waals surface area contributed by atoms with Gasteiger partial charge in [-0.2, -0.15) is 0 Å². The monoisotopic (exact) mass is 257 g/mol. The van der Waals surface area contributed by atoms with Crippen molar-refractivity contribution in [2.24, 2.45) is 11.8 Å². The summed E-state index contributed by atoms with van der Waals surface area (Å²) < 4.78 is 0. The van der Waals surface area contributed by atoms with E-state index in [1.807, 2.05) is 0 Å². The average molecular weight is 257 g/mol. The SMILES string of the molecule is CC(CC(=O)O)CC(=O)NCC1CCCCC1O. The Bertz CT molecular complexity index is 293. The minimum absolute atomic E-state index is 0.0134. The molecule has 0 aromatic heterocycles. The summed E-state index contributed by atoms with van der Waals surface area (Å²) in [5, 5.41) is 21.1. The van der Waals surface area contributed by atoms with Crippen molar-refractivity contribution in [1.29, 1.82) is 0 Å². The highest BCUT2D eigenvalue weighted by molar-refractivity contribution is 5.77. The molecule has 1 amide bonds. The fraction of sp³-hybridized carbons (Fsp3) is 0.846. The first kappa shape index (κ1) is 15.0. The fourth-order valence-corrected chi connectivity index (χ4v) is 2.43. The van der Waals surface area contributed by atoms with Gasteiger partial charge in [0.1, 0.15) is 0 Å². The van der Waals surface area contributed by atoms with Gasteiger partial charge in [0.15, 0.2) is 0 Å². The van der Waals surface area contributed by atoms with E-state index in [1.54, 1.807) is 6.92 Å². The molecule has 0 heterocycles. The first-order valence-electron chi connectivity index (χ1n) is 6.65. The second-order valence-electron chi connectivity index (χ2n) is 5.32. The number of hydrogen-bond acceptors (Lipinski definition) is 3. The Kier molecular flexibility index (Phi) is 6.12. The Balaban J connectivity index is 2.21. The third-order valence-electron chi connectivity index (χ3n) is 3.49. The second kappa shape index (κ2) is 7.36. The molecule has 0 aliphatic heterocycles. The molecule has 104 valence electrons. The number of aliphatic hydroxyl groups is 1. The summed E-state index contributed by atoms with van der Waals surface area (Å²) in [5.74, 6) is -1.00. The van der Waals surface area contributed by atoms with Crippen molar-refractivity contribution < 1.29 is 19.8 Å². The Labute approximate surface area is 108 Å². The van der Waals surface area contributed by atoms with E-state index < -0.39 is 5.97 Å². The molecule has 1 aliphatic rings. The molecule has 1 saturated carbocycles. The van der Waals surface area contributed by atoms with Crippen LogP contribution in [0.5, 0.6) is 0 Å². The van der Waals surface area contributed by atoms with Crippen LogP contribution in [0, 0.1) is 11.8 Å². The number of carbonyl (C=O) groups is 2. The number of nitrogens with one attached hydrogen (secondary N) is 1. The maximum absolute atomic E-state index is 11.6. The van der Waals surface area contributed by atoms with Crippen molar-refractivity contribution in [2.45, 2.75) is 51.6 Å². The molecular weight excluding hydrogens is 234 g/mol. The molecule has 3 N–H and O–H groups in total. The zero-order valence-electron chi connectivity index (χ0n) is 10.9. The van der Waals surface area contributed by atoms with E-state index in [-0.39, 0.29) is 36.7 Å². The quantitative estimate of drug-likeness (QED) is 0.666. The first-order chi connectivity index (χ1) is 8.49. The predicted molar refractivity (Wildman–Crippen MR) is 67.0 cm³/mol. The number of aliphatic carboxylic acids is 1. The Hall–Kier alpha value is -1.10. The summed E-state index contributed by atoms with van der Waals surface area (Å²) in [7, 11) is 0. The molecule has 0 radical (unpaired) electrons. The van der Waals surface area contributed by atoms with Gasteiger partial charge < -0.3 is 15.5 Å². The lowest BCUT2D eigenvalue weighted by molar-refractivity contribution is -0.138. The van der Waals surface area contributed by atoms with Gasteiger partial charge >= 0.3 is 5.97 Å². The van der Waals surface area contributed by atoms with Crippen LogP contribution in [0.4, 0.5) is 0 Å². The van der Waals surface area contributed by atoms with E-state index >= 15 is 0 Å². The molecule has 18 heavy (non-hydrogen) atoms. The fourth-order valence-electron chi connectivity index (χ4n) is 2.43. The van der Waals surface area contributed by atoms with E-state index in [0.717, 1.165) is 25.7 Å². The van der Waals surface area contributed by atoms with Gasteiger partial charge in [0.25, 0.3) is 0 Å². The molecule has 0 aromatic rings. The highest BCUT2D eigenvalue weighted by Crippen LogP contribution is 2.23. The van der Waals surface area contributed by atoms with Crippen LogP contribution in [0.25, 0.3) is 0 Å². The van der Waals surface area contributed by atoms with Gasteiger partial charge in [-0.25, -0.2) is 0 Å². The van der Waals surface area contributed by atoms with Crippen LogP contribution in [0.2, 0.25) is 0 Å². The summed E-state index contributed by atoms with van der Waals surface area (Å²) in [4.78, 5) is 22.1. The van der Waals surface area contributed by atoms with Gasteiger partial charge in [0.05, 0.1) is 6.10 Å². The van der Waals surface area contributed by atoms with E-state index in [4.69, 9.17) is 5.11 Å². The molecule has 5 heteroatoms. The largest absolute Gasteiger partial charge is 0.481 e. The Morgan fingerprint density at radius 3 is 2.56 bits per heavy atom. The van der Waals surface area contributed by atoms with Crippen LogP contribution < -0.4 is 5.32 Å². The normalized spacial score (nSPS) is 25.4. The molecule has 0 aromatic carbocycles. The van der Waals surface area contributed by atoms with Crippen molar-refractivity contribution in [3.8, 4) is 0 Å². The number of carboxylic acid groups (broad SMARTS) is 1. The molecule has 5 nitrogen and oxygen atoms in total. The minimum atomic E-state index is -0.877. The maximum Gasteiger partial charge on any atom is 0.303 e. The number of carbonyl (C=O) groups excluding carboxylic acids is 1. The number of amides is 1. The standard InChI is InChI=1S/C13H23NO4/c1-9(7-13(17)18)6-12(16)14-8-10-4-2-3-5-11(10)15/h9-11,15H,2-8H2,1H3,(H,14,16)(H,17,18). The third kappa shape index (κ3) is 5.49. The number of aliphatic hydroxyl groups excluding tert-OH is 1. The lowest BCUT2D eigenvalue weighted by Crippen LogP contribution is -2.37. The second-order valence-corrected chi connectivity index (χ2v) is 5.32. The van der Waals surface area contributed by atoms with E-state index in [2.05, 4.69) is 5.32 Å². The smallest absolute Gasteiger partial charge is 0.303 e. The highest BCUT2D eigenvalue weighted by Gasteiger charge is 2.23. The van der Waals surface area contributed by atoms with Crippen molar-refractivity contribution in [3.05, 3.63) is 0 Å². The van der Waals surface area contributed by atoms with Gasteiger partial charge in [0.2, 0.25) is 5.91 Å². The van der Waals surface area contributed by atoms with Crippen LogP contribution in [0.1, 0.15) is 45.4 Å². The first-order valence-corrected chi connectivity index (χ1v) is 6.65. The molecule has 1 rings (SSSR count). The lowest BCUT2D eigenvalue weighted by atomic mass is 9.86. The number of rotatable bonds is 6. The van der Waals surface area contributed by atoms with Gasteiger partial charge in [-0.1, -0.05) is 19.8 Å². The molecule has 3 unspecified atom stereocenters. The van der Waals surface area contributed by atoms with Crippen LogP contribution in [-0.2, 0) is 9.59 Å². The predicted octanol–water partition coefficient (Wildman–Crippen LogP) is 1.15. The molecule has 3 atom stereocenters. The highest BCUT2D eigenvalue weighted by atomic mass is 16.4. The van der Waals surface area contributed by atoms with E-state index in [1.165, 1.54) is 0 Å². The molecular formula is C13H23NO4. The summed E-state index contributed by atoms with van der Waals surface area (Å²) in [6.45, 7) is 2.25. The van der Waals surface area contributed by atoms with E-state index in [0.29, 0.717) is 6.54 Å². The molecule has 0 spiro atoms. The van der Waals surface area contributed by atoms with Gasteiger partial charge in [0, 0.05) is 25.3 Å². The lowest BCUT2D eigenvalue weighted by Gasteiger charge is -2.27. The number of hydrogen-bond donors (Lipinski definition) is 3. The van der Waals surface area contributed by atoms with Gasteiger partial charge in [-0.15, -0.1) is 0 Å². The van der Waals surface area contributed by atoms with Crippen LogP contribution in [0.15, 0.2) is 0 Å². The van der Waals surface area contributed by atoms with Gasteiger partial charge in [-0.05, 0) is 18.8 Å². The van der Waals surface area contributed by atoms with Gasteiger partial charge in [-0.3, -0.25) is 9.59 Å². The third-order valence-corrected chi connectivity index (χ3v) is 3.49. The molecule has 1 fully saturated rings. The molecule has 0 bridgehead atoms. The van der Waals surface area contributed by atoms with Crippen molar-refractivity contribution in [2.75, 3.05) is 6.54 Å². The van der Waals surface area contributed by atoms with Crippen LogP contribution in [0.3, 0.4) is 0 Å². The summed E-state index contributed by atoms with van der Waals surface area (Å²) in [6, 6.07) is 0. The Morgan fingerprint density at radius 1 is 1.28 bits per heavy atom. The van der Waals surface area contributed by atoms with Crippen LogP contribution in [-0.4, -0.2) is 34.7 Å². The van der Waals surface area contributed by atoms with Crippen molar-refractivity contribution in [1.82, 2.24) is 5.32 Å². The van der Waals surface area contributed by atoms with Crippen molar-refractivity contribution >= 4 is 11.9 Å². The average Bonchev–Trinajstić information content (AvgIpc) is 2.26.